The summed E-state index contributed by atoms with van der Waals surface area (Å²) < 4.78 is 24.3. The molecule has 2 N–H and O–H groups in total. The van der Waals surface area contributed by atoms with Crippen LogP contribution in [0.1, 0.15) is 59.9 Å². The molecule has 0 fully saturated rings. The monoisotopic (exact) mass is 537 g/mol. The second-order valence-electron chi connectivity index (χ2n) is 9.03. The molecule has 10 nitrogen and oxygen atoms in total. The molecule has 0 radical (unpaired) electrons. The molecule has 0 spiro atoms. The number of nitrogens with zero attached hydrogens (tertiary/aromatic N) is 3. The maximum absolute atomic E-state index is 13.4. The normalized spacial score (nSPS) is 10.9. The summed E-state index contributed by atoms with van der Waals surface area (Å²) in [5.74, 6) is -2.22. The van der Waals surface area contributed by atoms with Crippen molar-refractivity contribution < 1.29 is 28.2 Å². The fourth-order valence-electron chi connectivity index (χ4n) is 3.60. The Balaban J connectivity index is 2.02. The lowest BCUT2D eigenvalue weighted by Crippen LogP contribution is -2.49. The van der Waals surface area contributed by atoms with Crippen molar-refractivity contribution in [2.24, 2.45) is 0 Å². The highest BCUT2D eigenvalue weighted by Crippen LogP contribution is 2.32. The molecule has 206 valence electrons. The van der Waals surface area contributed by atoms with Crippen LogP contribution in [0.3, 0.4) is 0 Å². The number of methoxy groups -OCH3 is 1. The van der Waals surface area contributed by atoms with Crippen LogP contribution in [0.15, 0.2) is 54.6 Å². The highest BCUT2D eigenvalue weighted by Gasteiger charge is 2.33. The van der Waals surface area contributed by atoms with Crippen molar-refractivity contribution in [2.45, 2.75) is 39.8 Å². The number of amides is 3. The molecule has 3 rings (SSSR count). The number of nitrogens with one attached hydrogen (secondary N) is 2. The van der Waals surface area contributed by atoms with Crippen molar-refractivity contribution in [1.29, 1.82) is 0 Å². The Labute approximate surface area is 226 Å². The number of aromatic nitrogens is 2. The second kappa shape index (κ2) is 12.8. The number of urea groups is 1. The maximum Gasteiger partial charge on any atom is 0.343 e. The fraction of sp³-hybridized carbons (Fsp3) is 0.321. The largest absolute Gasteiger partial charge is 0.478 e. The molecule has 0 saturated carbocycles. The van der Waals surface area contributed by atoms with Crippen LogP contribution in [0.25, 0.3) is 0 Å². The smallest absolute Gasteiger partial charge is 0.343 e. The highest BCUT2D eigenvalue weighted by atomic mass is 19.1. The summed E-state index contributed by atoms with van der Waals surface area (Å²) in [6.45, 7) is 8.11. The Hall–Kier alpha value is -4.54. The van der Waals surface area contributed by atoms with Crippen LogP contribution < -0.4 is 20.1 Å². The van der Waals surface area contributed by atoms with E-state index in [-0.39, 0.29) is 41.3 Å². The maximum atomic E-state index is 13.4. The zero-order valence-corrected chi connectivity index (χ0v) is 22.6. The van der Waals surface area contributed by atoms with Gasteiger partial charge in [-0.2, -0.15) is 4.98 Å². The third-order valence-corrected chi connectivity index (χ3v) is 5.84. The van der Waals surface area contributed by atoms with E-state index in [2.05, 4.69) is 20.6 Å². The van der Waals surface area contributed by atoms with E-state index in [0.717, 1.165) is 0 Å². The molecule has 0 bridgehead atoms. The van der Waals surface area contributed by atoms with Crippen LogP contribution in [-0.4, -0.2) is 53.0 Å². The van der Waals surface area contributed by atoms with Crippen LogP contribution in [0.4, 0.5) is 9.18 Å². The van der Waals surface area contributed by atoms with Crippen LogP contribution in [-0.2, 0) is 12.1 Å². The highest BCUT2D eigenvalue weighted by molar-refractivity contribution is 5.98. The number of carbonyl (C=O) groups is 3. The molecule has 0 saturated heterocycles. The summed E-state index contributed by atoms with van der Waals surface area (Å²) in [5.41, 5.74) is -0.525. The molecule has 39 heavy (non-hydrogen) atoms. The summed E-state index contributed by atoms with van der Waals surface area (Å²) >= 11 is 0. The summed E-state index contributed by atoms with van der Waals surface area (Å²) in [4.78, 5) is 49.4. The lowest BCUT2D eigenvalue weighted by Gasteiger charge is -2.29. The minimum absolute atomic E-state index is 0.0505. The van der Waals surface area contributed by atoms with Gasteiger partial charge in [-0.1, -0.05) is 30.3 Å². The number of ether oxygens (including phenoxy) is 2. The molecule has 1 aromatic heterocycles. The lowest BCUT2D eigenvalue weighted by molar-refractivity contribution is 0.0723. The number of carbonyl (C=O) groups excluding carboxylic acids is 3. The van der Waals surface area contributed by atoms with E-state index >= 15 is 0 Å². The summed E-state index contributed by atoms with van der Waals surface area (Å²) in [5, 5.41) is 5.57. The second-order valence-corrected chi connectivity index (χ2v) is 9.03. The van der Waals surface area contributed by atoms with E-state index in [1.54, 1.807) is 49.1 Å². The Kier molecular flexibility index (Phi) is 9.53. The van der Waals surface area contributed by atoms with Gasteiger partial charge < -0.3 is 25.0 Å². The molecule has 11 heteroatoms. The van der Waals surface area contributed by atoms with Gasteiger partial charge in [-0.3, -0.25) is 4.79 Å². The van der Waals surface area contributed by atoms with Gasteiger partial charge in [-0.15, -0.1) is 0 Å². The minimum Gasteiger partial charge on any atom is -0.478 e. The van der Waals surface area contributed by atoms with Crippen molar-refractivity contribution in [2.75, 3.05) is 20.2 Å². The molecule has 0 aliphatic heterocycles. The Morgan fingerprint density at radius 1 is 0.974 bits per heavy atom. The predicted octanol–water partition coefficient (Wildman–Crippen LogP) is 4.06. The van der Waals surface area contributed by atoms with Gasteiger partial charge in [0.25, 0.3) is 11.8 Å². The van der Waals surface area contributed by atoms with Gasteiger partial charge >= 0.3 is 12.0 Å². The van der Waals surface area contributed by atoms with E-state index < -0.39 is 23.2 Å². The van der Waals surface area contributed by atoms with E-state index in [4.69, 9.17) is 9.47 Å². The van der Waals surface area contributed by atoms with E-state index in [0.29, 0.717) is 18.7 Å². The van der Waals surface area contributed by atoms with Gasteiger partial charge in [-0.25, -0.2) is 19.0 Å². The zero-order chi connectivity index (χ0) is 28.6. The first kappa shape index (κ1) is 29.0. The molecule has 0 unspecified atom stereocenters. The predicted molar refractivity (Wildman–Crippen MR) is 142 cm³/mol. The van der Waals surface area contributed by atoms with Gasteiger partial charge in [0.1, 0.15) is 5.82 Å². The number of esters is 1. The van der Waals surface area contributed by atoms with Crippen molar-refractivity contribution in [3.8, 4) is 11.6 Å². The van der Waals surface area contributed by atoms with Crippen molar-refractivity contribution in [1.82, 2.24) is 25.5 Å². The Morgan fingerprint density at radius 2 is 1.62 bits per heavy atom. The topological polar surface area (TPSA) is 123 Å². The number of halogens is 1. The summed E-state index contributed by atoms with van der Waals surface area (Å²) in [6, 6.07) is 13.5. The zero-order valence-electron chi connectivity index (χ0n) is 22.6. The first-order chi connectivity index (χ1) is 18.6. The molecule has 3 amide bonds. The van der Waals surface area contributed by atoms with Crippen molar-refractivity contribution in [3.05, 3.63) is 83.1 Å². The molecule has 2 aromatic carbocycles. The Morgan fingerprint density at radius 3 is 2.21 bits per heavy atom. The molecule has 0 atom stereocenters. The number of hydrogen-bond acceptors (Lipinski definition) is 7. The third kappa shape index (κ3) is 7.28. The van der Waals surface area contributed by atoms with Crippen LogP contribution in [0, 0.1) is 5.82 Å². The quantitative estimate of drug-likeness (QED) is 0.374. The number of rotatable bonds is 10. The minimum atomic E-state index is -1.14. The van der Waals surface area contributed by atoms with E-state index in [9.17, 15) is 18.8 Å². The van der Waals surface area contributed by atoms with Gasteiger partial charge in [0.05, 0.1) is 18.2 Å². The summed E-state index contributed by atoms with van der Waals surface area (Å²) in [6.07, 6.45) is 0. The van der Waals surface area contributed by atoms with Gasteiger partial charge in [-0.05, 0) is 57.5 Å². The molecular formula is C28H32FN5O5. The third-order valence-electron chi connectivity index (χ3n) is 5.84. The van der Waals surface area contributed by atoms with Gasteiger partial charge in [0.2, 0.25) is 5.75 Å². The fourth-order valence-corrected chi connectivity index (χ4v) is 3.60. The summed E-state index contributed by atoms with van der Waals surface area (Å²) in [7, 11) is 1.31. The van der Waals surface area contributed by atoms with Gasteiger partial charge in [0, 0.05) is 19.6 Å². The number of hydrogen-bond donors (Lipinski definition) is 2. The standard InChI is InChI=1S/C28H32FN5O5/c1-6-34(7-2)27(37)33-28(3,4)26-31-21(23(35)30-17-18-13-15-20(29)16-14-18)22(24(32-26)38-5)39-25(36)19-11-9-8-10-12-19/h8-16H,6-7,17H2,1-5H3,(H,30,35)(H,33,37). The van der Waals surface area contributed by atoms with Crippen LogP contribution >= 0.6 is 0 Å². The molecule has 0 aliphatic carbocycles. The van der Waals surface area contributed by atoms with E-state index in [1.165, 1.54) is 31.4 Å². The Bertz CT molecular complexity index is 1310. The molecule has 3 aromatic rings. The van der Waals surface area contributed by atoms with Crippen LogP contribution in [0.5, 0.6) is 11.6 Å². The number of benzene rings is 2. The SMILES string of the molecule is CCN(CC)C(=O)NC(C)(C)c1nc(OC)c(OC(=O)c2ccccc2)c(C(=O)NCc2ccc(F)cc2)n1. The van der Waals surface area contributed by atoms with Crippen molar-refractivity contribution >= 4 is 17.9 Å². The average molecular weight is 538 g/mol. The first-order valence-electron chi connectivity index (χ1n) is 12.4. The van der Waals surface area contributed by atoms with Crippen molar-refractivity contribution in [3.63, 3.8) is 0 Å². The molecule has 0 aliphatic rings. The average Bonchev–Trinajstić information content (AvgIpc) is 2.93. The first-order valence-corrected chi connectivity index (χ1v) is 12.4. The van der Waals surface area contributed by atoms with Crippen LogP contribution in [0.2, 0.25) is 0 Å². The lowest BCUT2D eigenvalue weighted by atomic mass is 10.0. The molecular weight excluding hydrogens is 505 g/mol. The van der Waals surface area contributed by atoms with E-state index in [1.807, 2.05) is 13.8 Å². The molecule has 1 heterocycles. The van der Waals surface area contributed by atoms with Gasteiger partial charge in [0.15, 0.2) is 11.5 Å².